The van der Waals surface area contributed by atoms with Crippen LogP contribution in [0.5, 0.6) is 0 Å². The third-order valence-electron chi connectivity index (χ3n) is 4.51. The van der Waals surface area contributed by atoms with Crippen molar-refractivity contribution in [2.45, 2.75) is 6.54 Å². The first-order valence-corrected chi connectivity index (χ1v) is 9.43. The van der Waals surface area contributed by atoms with Gasteiger partial charge in [-0.05, 0) is 29.8 Å². The number of hydrogen-bond acceptors (Lipinski definition) is 4. The molecule has 1 N–H and O–H groups in total. The maximum Gasteiger partial charge on any atom is 0.333 e. The number of benzene rings is 2. The number of ether oxygens (including phenoxy) is 1. The van der Waals surface area contributed by atoms with Gasteiger partial charge in [-0.1, -0.05) is 41.4 Å². The Hall–Kier alpha value is -3.09. The summed E-state index contributed by atoms with van der Waals surface area (Å²) >= 11 is 12.3. The molecule has 8 heteroatoms. The Morgan fingerprint density at radius 3 is 2.55 bits per heavy atom. The minimum absolute atomic E-state index is 0.0725. The van der Waals surface area contributed by atoms with E-state index in [0.29, 0.717) is 22.0 Å². The van der Waals surface area contributed by atoms with Gasteiger partial charge in [0.2, 0.25) is 0 Å². The van der Waals surface area contributed by atoms with E-state index in [-0.39, 0.29) is 17.9 Å². The lowest BCUT2D eigenvalue weighted by Crippen LogP contribution is -2.31. The Morgan fingerprint density at radius 2 is 1.86 bits per heavy atom. The summed E-state index contributed by atoms with van der Waals surface area (Å²) in [5.41, 5.74) is 2.12. The second-order valence-corrected chi connectivity index (χ2v) is 7.34. The smallest absolute Gasteiger partial charge is 0.333 e. The number of nitrogens with zero attached hydrogens (tertiary/aromatic N) is 1. The van der Waals surface area contributed by atoms with E-state index in [0.717, 1.165) is 17.2 Å². The summed E-state index contributed by atoms with van der Waals surface area (Å²) < 4.78 is 6.58. The average Bonchev–Trinajstić information content (AvgIpc) is 3.27. The van der Waals surface area contributed by atoms with Gasteiger partial charge in [-0.2, -0.15) is 0 Å². The molecule has 3 aromatic rings. The number of ketones is 1. The van der Waals surface area contributed by atoms with Crippen LogP contribution in [-0.2, 0) is 20.9 Å². The van der Waals surface area contributed by atoms with Crippen LogP contribution in [0, 0.1) is 0 Å². The van der Waals surface area contributed by atoms with Gasteiger partial charge >= 0.3 is 5.97 Å². The van der Waals surface area contributed by atoms with E-state index >= 15 is 0 Å². The fraction of sp³-hybridized carbons (Fsp3) is 0.0952. The Balaban J connectivity index is 1.69. The first-order valence-electron chi connectivity index (χ1n) is 8.67. The summed E-state index contributed by atoms with van der Waals surface area (Å²) in [7, 11) is 0. The summed E-state index contributed by atoms with van der Waals surface area (Å²) in [6, 6.07) is 12.6. The number of fused-ring (bicyclic) bond motifs is 1. The number of cyclic esters (lactones) is 1. The molecule has 1 aliphatic rings. The second-order valence-electron chi connectivity index (χ2n) is 6.49. The molecule has 0 spiro atoms. The lowest BCUT2D eigenvalue weighted by atomic mass is 10.1. The highest BCUT2D eigenvalue weighted by atomic mass is 35.5. The molecule has 6 nitrogen and oxygen atoms in total. The fourth-order valence-corrected chi connectivity index (χ4v) is 3.57. The highest BCUT2D eigenvalue weighted by Crippen LogP contribution is 2.30. The average molecular weight is 429 g/mol. The van der Waals surface area contributed by atoms with Crippen molar-refractivity contribution in [2.75, 3.05) is 6.61 Å². The van der Waals surface area contributed by atoms with Crippen molar-refractivity contribution in [2.24, 2.45) is 0 Å². The summed E-state index contributed by atoms with van der Waals surface area (Å²) in [6.07, 6.45) is 2.75. The third kappa shape index (κ3) is 3.90. The molecule has 2 aromatic carbocycles. The molecule has 0 bridgehead atoms. The van der Waals surface area contributed by atoms with Crippen molar-refractivity contribution in [3.63, 3.8) is 0 Å². The number of nitrogens with one attached hydrogen (secondary N) is 1. The summed E-state index contributed by atoms with van der Waals surface area (Å²) in [5.74, 6) is -2.17. The number of rotatable bonds is 5. The molecule has 1 aromatic heterocycles. The van der Waals surface area contributed by atoms with Crippen LogP contribution >= 0.6 is 23.2 Å². The number of esters is 1. The summed E-state index contributed by atoms with van der Waals surface area (Å²) in [5, 5.41) is 3.91. The van der Waals surface area contributed by atoms with Crippen molar-refractivity contribution < 1.29 is 19.1 Å². The van der Waals surface area contributed by atoms with Crippen LogP contribution in [0.2, 0.25) is 10.0 Å². The molecule has 0 saturated carbocycles. The van der Waals surface area contributed by atoms with Gasteiger partial charge in [-0.15, -0.1) is 0 Å². The molecule has 1 aliphatic heterocycles. The first kappa shape index (κ1) is 19.2. The van der Waals surface area contributed by atoms with E-state index in [4.69, 9.17) is 27.9 Å². The summed E-state index contributed by atoms with van der Waals surface area (Å²) in [6.45, 7) is 0.396. The minimum atomic E-state index is -0.861. The van der Waals surface area contributed by atoms with Crippen molar-refractivity contribution in [1.82, 2.24) is 9.88 Å². The first-order chi connectivity index (χ1) is 13.9. The molecule has 0 fully saturated rings. The molecule has 0 atom stereocenters. The molecule has 1 amide bonds. The molecule has 146 valence electrons. The fourth-order valence-electron chi connectivity index (χ4n) is 3.17. The quantitative estimate of drug-likeness (QED) is 0.381. The zero-order chi connectivity index (χ0) is 20.5. The molecule has 0 aliphatic carbocycles. The second kappa shape index (κ2) is 7.73. The zero-order valence-electron chi connectivity index (χ0n) is 14.9. The predicted octanol–water partition coefficient (Wildman–Crippen LogP) is 3.74. The summed E-state index contributed by atoms with van der Waals surface area (Å²) in [4.78, 5) is 36.4. The number of carbonyl (C=O) groups is 3. The van der Waals surface area contributed by atoms with E-state index in [9.17, 15) is 14.4 Å². The topological polar surface area (TPSA) is 77.4 Å². The molecule has 0 radical (unpaired) electrons. The third-order valence-corrected chi connectivity index (χ3v) is 5.08. The predicted molar refractivity (Wildman–Crippen MR) is 109 cm³/mol. The van der Waals surface area contributed by atoms with E-state index in [2.05, 4.69) is 5.32 Å². The van der Waals surface area contributed by atoms with Crippen LogP contribution in [0.25, 0.3) is 10.9 Å². The maximum absolute atomic E-state index is 12.8. The number of halogens is 2. The number of aromatic nitrogens is 1. The van der Waals surface area contributed by atoms with Crippen molar-refractivity contribution in [1.29, 1.82) is 0 Å². The van der Waals surface area contributed by atoms with E-state index in [1.807, 2.05) is 22.8 Å². The van der Waals surface area contributed by atoms with Gasteiger partial charge in [0.15, 0.2) is 0 Å². The van der Waals surface area contributed by atoms with Crippen LogP contribution in [0.4, 0.5) is 0 Å². The highest BCUT2D eigenvalue weighted by molar-refractivity contribution is 6.47. The van der Waals surface area contributed by atoms with Crippen molar-refractivity contribution in [3.05, 3.63) is 81.6 Å². The zero-order valence-corrected chi connectivity index (χ0v) is 16.5. The molecular formula is C21H14Cl2N2O4. The maximum atomic E-state index is 12.8. The molecule has 4 rings (SSSR count). The highest BCUT2D eigenvalue weighted by Gasteiger charge is 2.25. The van der Waals surface area contributed by atoms with Crippen molar-refractivity contribution >= 4 is 51.8 Å². The minimum Gasteiger partial charge on any atom is -0.456 e. The number of hydrogen-bond donors (Lipinski definition) is 1. The molecule has 2 heterocycles. The van der Waals surface area contributed by atoms with E-state index in [1.165, 1.54) is 0 Å². The van der Waals surface area contributed by atoms with E-state index in [1.54, 1.807) is 30.5 Å². The largest absolute Gasteiger partial charge is 0.456 e. The Morgan fingerprint density at radius 1 is 1.10 bits per heavy atom. The number of carbonyl (C=O) groups excluding carboxylic acids is 3. The van der Waals surface area contributed by atoms with Crippen LogP contribution in [-0.4, -0.2) is 28.8 Å². The van der Waals surface area contributed by atoms with Gasteiger partial charge < -0.3 is 14.6 Å². The van der Waals surface area contributed by atoms with Gasteiger partial charge in [-0.25, -0.2) is 4.79 Å². The van der Waals surface area contributed by atoms with Gasteiger partial charge in [0.1, 0.15) is 6.61 Å². The van der Waals surface area contributed by atoms with Gasteiger partial charge in [0, 0.05) is 29.2 Å². The van der Waals surface area contributed by atoms with Crippen LogP contribution < -0.4 is 5.32 Å². The lowest BCUT2D eigenvalue weighted by Gasteiger charge is -2.06. The lowest BCUT2D eigenvalue weighted by molar-refractivity contribution is -0.135. The van der Waals surface area contributed by atoms with Crippen LogP contribution in [0.1, 0.15) is 15.9 Å². The number of amides is 1. The van der Waals surface area contributed by atoms with Crippen LogP contribution in [0.15, 0.2) is 60.4 Å². The monoisotopic (exact) mass is 428 g/mol. The molecule has 0 saturated heterocycles. The molecule has 0 unspecified atom stereocenters. The van der Waals surface area contributed by atoms with Gasteiger partial charge in [0.25, 0.3) is 11.7 Å². The van der Waals surface area contributed by atoms with Crippen LogP contribution in [0.3, 0.4) is 0 Å². The number of Topliss-reactive ketones (excluding diaryl/α,β-unsaturated/α-hetero) is 1. The van der Waals surface area contributed by atoms with Gasteiger partial charge in [-0.3, -0.25) is 9.59 Å². The van der Waals surface area contributed by atoms with E-state index < -0.39 is 17.7 Å². The Labute approximate surface area is 175 Å². The normalized spacial score (nSPS) is 13.3. The standard InChI is InChI=1S/C21H14Cl2N2O4/c22-13-6-4-12(5-7-13)9-25-10-15(19-16(23)2-1-3-17(19)25)20(27)21(28)24-14-8-18(26)29-11-14/h1-8,10H,9,11H2,(H,24,28). The molecular weight excluding hydrogens is 415 g/mol. The SMILES string of the molecule is O=C1C=C(NC(=O)C(=O)c2cn(Cc3ccc(Cl)cc3)c3cccc(Cl)c23)CO1. The Kier molecular flexibility index (Phi) is 5.13. The van der Waals surface area contributed by atoms with Crippen molar-refractivity contribution in [3.8, 4) is 0 Å². The Bertz CT molecular complexity index is 1180. The van der Waals surface area contributed by atoms with Gasteiger partial charge in [0.05, 0.1) is 21.8 Å². The molecule has 29 heavy (non-hydrogen) atoms.